The van der Waals surface area contributed by atoms with E-state index in [1.54, 1.807) is 18.2 Å². The molecule has 0 aliphatic carbocycles. The molecule has 0 atom stereocenters. The number of benzene rings is 1. The number of aromatic nitrogens is 2. The lowest BCUT2D eigenvalue weighted by Crippen LogP contribution is -2.02. The predicted octanol–water partition coefficient (Wildman–Crippen LogP) is 3.60. The number of rotatable bonds is 3. The van der Waals surface area contributed by atoms with Crippen molar-refractivity contribution < 1.29 is 13.5 Å². The van der Waals surface area contributed by atoms with Crippen LogP contribution in [0.2, 0.25) is 0 Å². The first kappa shape index (κ1) is 12.5. The molecule has 0 saturated heterocycles. The van der Waals surface area contributed by atoms with Gasteiger partial charge in [-0.15, -0.1) is 0 Å². The molecule has 1 heterocycles. The summed E-state index contributed by atoms with van der Waals surface area (Å²) in [5, 5.41) is 7.04. The number of nitrogens with zero attached hydrogens (tertiary/aromatic N) is 1. The zero-order valence-corrected chi connectivity index (χ0v) is 10.4. The maximum Gasteiger partial charge on any atom is 0.387 e. The van der Waals surface area contributed by atoms with Gasteiger partial charge in [0, 0.05) is 11.3 Å². The van der Waals surface area contributed by atoms with Crippen molar-refractivity contribution in [3.05, 3.63) is 35.2 Å². The Kier molecular flexibility index (Phi) is 3.32. The van der Waals surface area contributed by atoms with Gasteiger partial charge in [-0.05, 0) is 44.0 Å². The Bertz CT molecular complexity index is 545. The van der Waals surface area contributed by atoms with Gasteiger partial charge in [0.25, 0.3) is 0 Å². The fourth-order valence-electron chi connectivity index (χ4n) is 2.04. The van der Waals surface area contributed by atoms with Gasteiger partial charge in [0.1, 0.15) is 5.75 Å². The molecule has 5 heteroatoms. The Morgan fingerprint density at radius 1 is 1.22 bits per heavy atom. The van der Waals surface area contributed by atoms with Crippen LogP contribution in [0.3, 0.4) is 0 Å². The molecule has 0 bridgehead atoms. The first-order chi connectivity index (χ1) is 8.49. The van der Waals surface area contributed by atoms with Crippen molar-refractivity contribution in [3.8, 4) is 16.9 Å². The van der Waals surface area contributed by atoms with Crippen molar-refractivity contribution >= 4 is 0 Å². The average molecular weight is 252 g/mol. The van der Waals surface area contributed by atoms with Crippen LogP contribution in [-0.4, -0.2) is 16.8 Å². The quantitative estimate of drug-likeness (QED) is 0.906. The summed E-state index contributed by atoms with van der Waals surface area (Å²) in [5.74, 6) is 0.171. The second-order valence-corrected chi connectivity index (χ2v) is 4.16. The molecule has 0 spiro atoms. The van der Waals surface area contributed by atoms with E-state index in [9.17, 15) is 8.78 Å². The number of alkyl halides is 2. The summed E-state index contributed by atoms with van der Waals surface area (Å²) in [6.45, 7) is 2.90. The summed E-state index contributed by atoms with van der Waals surface area (Å²) in [6, 6.07) is 4.92. The first-order valence-corrected chi connectivity index (χ1v) is 5.56. The van der Waals surface area contributed by atoms with E-state index in [1.807, 2.05) is 20.8 Å². The molecule has 18 heavy (non-hydrogen) atoms. The summed E-state index contributed by atoms with van der Waals surface area (Å²) >= 11 is 0. The van der Waals surface area contributed by atoms with Gasteiger partial charge in [0.2, 0.25) is 0 Å². The lowest BCUT2D eigenvalue weighted by atomic mass is 9.99. The molecular weight excluding hydrogens is 238 g/mol. The van der Waals surface area contributed by atoms with Crippen molar-refractivity contribution in [2.45, 2.75) is 27.4 Å². The Morgan fingerprint density at radius 2 is 1.94 bits per heavy atom. The monoisotopic (exact) mass is 252 g/mol. The summed E-state index contributed by atoms with van der Waals surface area (Å²) in [5.41, 5.74) is 4.70. The highest BCUT2D eigenvalue weighted by Crippen LogP contribution is 2.31. The molecule has 1 N–H and O–H groups in total. The van der Waals surface area contributed by atoms with Gasteiger partial charge in [-0.1, -0.05) is 6.07 Å². The molecule has 1 aromatic heterocycles. The zero-order chi connectivity index (χ0) is 13.3. The first-order valence-electron chi connectivity index (χ1n) is 5.56. The molecule has 0 aliphatic heterocycles. The lowest BCUT2D eigenvalue weighted by molar-refractivity contribution is -0.0498. The van der Waals surface area contributed by atoms with E-state index >= 15 is 0 Å². The van der Waals surface area contributed by atoms with Crippen molar-refractivity contribution in [1.82, 2.24) is 10.2 Å². The zero-order valence-electron chi connectivity index (χ0n) is 10.4. The van der Waals surface area contributed by atoms with E-state index in [1.165, 1.54) is 0 Å². The van der Waals surface area contributed by atoms with Crippen LogP contribution in [0, 0.1) is 20.8 Å². The van der Waals surface area contributed by atoms with Crippen molar-refractivity contribution in [2.24, 2.45) is 0 Å². The standard InChI is InChI=1S/C13H14F2N2O/c1-7-6-10(18-13(14)15)4-5-11(7)12-8(2)16-17-9(12)3/h4-6,13H,1-3H3,(H,16,17). The molecule has 0 unspecified atom stereocenters. The minimum Gasteiger partial charge on any atom is -0.435 e. The molecule has 0 radical (unpaired) electrons. The normalized spacial score (nSPS) is 11.0. The number of aromatic amines is 1. The van der Waals surface area contributed by atoms with Crippen molar-refractivity contribution in [2.75, 3.05) is 0 Å². The van der Waals surface area contributed by atoms with E-state index in [-0.39, 0.29) is 5.75 Å². The van der Waals surface area contributed by atoms with Crippen molar-refractivity contribution in [1.29, 1.82) is 0 Å². The maximum absolute atomic E-state index is 12.1. The van der Waals surface area contributed by atoms with Gasteiger partial charge in [0.15, 0.2) is 0 Å². The Morgan fingerprint density at radius 3 is 2.44 bits per heavy atom. The van der Waals surface area contributed by atoms with Crippen LogP contribution in [0.25, 0.3) is 11.1 Å². The third kappa shape index (κ3) is 2.34. The number of hydrogen-bond acceptors (Lipinski definition) is 2. The van der Waals surface area contributed by atoms with Gasteiger partial charge in [-0.2, -0.15) is 13.9 Å². The molecule has 0 aliphatic rings. The summed E-state index contributed by atoms with van der Waals surface area (Å²) in [6.07, 6.45) is 0. The van der Waals surface area contributed by atoms with Gasteiger partial charge >= 0.3 is 6.61 Å². The molecule has 0 amide bonds. The highest BCUT2D eigenvalue weighted by atomic mass is 19.3. The van der Waals surface area contributed by atoms with E-state index in [4.69, 9.17) is 0 Å². The SMILES string of the molecule is Cc1cc(OC(F)F)ccc1-c1c(C)n[nH]c1C. The van der Waals surface area contributed by atoms with Crippen LogP contribution in [-0.2, 0) is 0 Å². The van der Waals surface area contributed by atoms with Crippen LogP contribution in [0.4, 0.5) is 8.78 Å². The highest BCUT2D eigenvalue weighted by Gasteiger charge is 2.13. The Balaban J connectivity index is 2.42. The second-order valence-electron chi connectivity index (χ2n) is 4.16. The number of halogens is 2. The molecule has 96 valence electrons. The van der Waals surface area contributed by atoms with Crippen LogP contribution in [0.15, 0.2) is 18.2 Å². The van der Waals surface area contributed by atoms with Gasteiger partial charge in [-0.3, -0.25) is 5.10 Å². The summed E-state index contributed by atoms with van der Waals surface area (Å²) in [7, 11) is 0. The van der Waals surface area contributed by atoms with E-state index < -0.39 is 6.61 Å². The smallest absolute Gasteiger partial charge is 0.387 e. The molecule has 0 fully saturated rings. The van der Waals surface area contributed by atoms with Gasteiger partial charge in [0.05, 0.1) is 5.69 Å². The molecular formula is C13H14F2N2O. The van der Waals surface area contributed by atoms with Crippen LogP contribution in [0.5, 0.6) is 5.75 Å². The number of ether oxygens (including phenoxy) is 1. The predicted molar refractivity (Wildman–Crippen MR) is 64.9 cm³/mol. The van der Waals surface area contributed by atoms with Gasteiger partial charge < -0.3 is 4.74 Å². The summed E-state index contributed by atoms with van der Waals surface area (Å²) < 4.78 is 28.6. The minimum absolute atomic E-state index is 0.171. The average Bonchev–Trinajstić information content (AvgIpc) is 2.59. The lowest BCUT2D eigenvalue weighted by Gasteiger charge is -2.09. The van der Waals surface area contributed by atoms with E-state index in [0.717, 1.165) is 28.1 Å². The van der Waals surface area contributed by atoms with Crippen molar-refractivity contribution in [3.63, 3.8) is 0 Å². The highest BCUT2D eigenvalue weighted by molar-refractivity contribution is 5.72. The van der Waals surface area contributed by atoms with E-state index in [2.05, 4.69) is 14.9 Å². The fraction of sp³-hybridized carbons (Fsp3) is 0.308. The Hall–Kier alpha value is -1.91. The largest absolute Gasteiger partial charge is 0.435 e. The summed E-state index contributed by atoms with van der Waals surface area (Å²) in [4.78, 5) is 0. The van der Waals surface area contributed by atoms with Crippen LogP contribution in [0.1, 0.15) is 17.0 Å². The number of aryl methyl sites for hydroxylation is 3. The number of hydrogen-bond donors (Lipinski definition) is 1. The Labute approximate surface area is 104 Å². The van der Waals surface area contributed by atoms with Crippen LogP contribution < -0.4 is 4.74 Å². The van der Waals surface area contributed by atoms with E-state index in [0.29, 0.717) is 0 Å². The van der Waals surface area contributed by atoms with Crippen LogP contribution >= 0.6 is 0 Å². The number of H-pyrrole nitrogens is 1. The molecule has 3 nitrogen and oxygen atoms in total. The molecule has 1 aromatic carbocycles. The maximum atomic E-state index is 12.1. The fourth-order valence-corrected chi connectivity index (χ4v) is 2.04. The third-order valence-corrected chi connectivity index (χ3v) is 2.82. The minimum atomic E-state index is -2.80. The molecule has 2 rings (SSSR count). The number of nitrogens with one attached hydrogen (secondary N) is 1. The topological polar surface area (TPSA) is 37.9 Å². The molecule has 0 saturated carbocycles. The van der Waals surface area contributed by atoms with Gasteiger partial charge in [-0.25, -0.2) is 0 Å². The molecule has 2 aromatic rings. The second kappa shape index (κ2) is 4.76. The third-order valence-electron chi connectivity index (χ3n) is 2.82.